The number of carbonyl (C=O) groups excluding carboxylic acids is 1. The summed E-state index contributed by atoms with van der Waals surface area (Å²) in [4.78, 5) is 22.2. The molecule has 2 N–H and O–H groups in total. The lowest BCUT2D eigenvalue weighted by atomic mass is 9.97. The van der Waals surface area contributed by atoms with Crippen LogP contribution in [0.15, 0.2) is 18.2 Å². The normalized spacial score (nSPS) is 17.1. The summed E-state index contributed by atoms with van der Waals surface area (Å²) in [5, 5.41) is 11.6. The predicted octanol–water partition coefficient (Wildman–Crippen LogP) is 2.78. The average molecular weight is 275 g/mol. The molecule has 1 unspecified atom stereocenters. The Bertz CT molecular complexity index is 522. The molecule has 0 saturated heterocycles. The van der Waals surface area contributed by atoms with E-state index >= 15 is 0 Å². The Hall–Kier alpha value is -1.84. The van der Waals surface area contributed by atoms with E-state index in [-0.39, 0.29) is 24.8 Å². The molecule has 0 saturated carbocycles. The summed E-state index contributed by atoms with van der Waals surface area (Å²) in [5.74, 6) is -0.654. The molecular formula is C16H21NO3. The number of carboxylic acid groups (broad SMARTS) is 1. The highest BCUT2D eigenvalue weighted by atomic mass is 16.4. The number of nitrogens with one attached hydrogen (secondary N) is 1. The predicted molar refractivity (Wildman–Crippen MR) is 76.6 cm³/mol. The molecule has 1 aliphatic rings. The van der Waals surface area contributed by atoms with Crippen molar-refractivity contribution in [1.29, 1.82) is 0 Å². The van der Waals surface area contributed by atoms with Gasteiger partial charge in [0.25, 0.3) is 0 Å². The van der Waals surface area contributed by atoms with Crippen molar-refractivity contribution in [3.05, 3.63) is 34.9 Å². The zero-order valence-corrected chi connectivity index (χ0v) is 12.0. The van der Waals surface area contributed by atoms with E-state index in [9.17, 15) is 9.59 Å². The van der Waals surface area contributed by atoms with E-state index in [1.54, 1.807) is 0 Å². The van der Waals surface area contributed by atoms with Crippen molar-refractivity contribution < 1.29 is 14.7 Å². The molecule has 0 aromatic heterocycles. The summed E-state index contributed by atoms with van der Waals surface area (Å²) in [6, 6.07) is 6.51. The van der Waals surface area contributed by atoms with Crippen LogP contribution in [0.2, 0.25) is 0 Å². The van der Waals surface area contributed by atoms with Crippen LogP contribution in [-0.4, -0.2) is 17.0 Å². The molecule has 1 aromatic rings. The van der Waals surface area contributed by atoms with Gasteiger partial charge >= 0.3 is 5.97 Å². The van der Waals surface area contributed by atoms with Gasteiger partial charge in [-0.25, -0.2) is 0 Å². The number of rotatable bonds is 5. The fourth-order valence-corrected chi connectivity index (χ4v) is 2.62. The van der Waals surface area contributed by atoms with Gasteiger partial charge < -0.3 is 10.4 Å². The monoisotopic (exact) mass is 275 g/mol. The van der Waals surface area contributed by atoms with Crippen LogP contribution in [0, 0.1) is 0 Å². The maximum absolute atomic E-state index is 11.8. The molecule has 1 atom stereocenters. The first-order valence-electron chi connectivity index (χ1n) is 7.11. The molecule has 4 heteroatoms. The van der Waals surface area contributed by atoms with Crippen LogP contribution in [0.1, 0.15) is 61.8 Å². The maximum atomic E-state index is 11.8. The summed E-state index contributed by atoms with van der Waals surface area (Å²) >= 11 is 0. The molecule has 1 amide bonds. The first kappa shape index (κ1) is 14.6. The van der Waals surface area contributed by atoms with Crippen molar-refractivity contribution in [3.63, 3.8) is 0 Å². The molecule has 0 fully saturated rings. The molecule has 20 heavy (non-hydrogen) atoms. The smallest absolute Gasteiger partial charge is 0.303 e. The molecular weight excluding hydrogens is 254 g/mol. The van der Waals surface area contributed by atoms with E-state index in [2.05, 4.69) is 37.4 Å². The van der Waals surface area contributed by atoms with Crippen molar-refractivity contribution in [2.24, 2.45) is 0 Å². The lowest BCUT2D eigenvalue weighted by Gasteiger charge is -2.16. The van der Waals surface area contributed by atoms with Crippen molar-refractivity contribution in [1.82, 2.24) is 5.32 Å². The van der Waals surface area contributed by atoms with E-state index in [1.807, 2.05) is 0 Å². The fraction of sp³-hybridized carbons (Fsp3) is 0.500. The van der Waals surface area contributed by atoms with Gasteiger partial charge in [-0.05, 0) is 35.4 Å². The van der Waals surface area contributed by atoms with Crippen molar-refractivity contribution in [2.75, 3.05) is 0 Å². The van der Waals surface area contributed by atoms with Gasteiger partial charge in [0, 0.05) is 6.42 Å². The number of fused-ring (bicyclic) bond motifs is 1. The highest BCUT2D eigenvalue weighted by molar-refractivity contribution is 5.81. The van der Waals surface area contributed by atoms with Crippen LogP contribution in [0.5, 0.6) is 0 Å². The van der Waals surface area contributed by atoms with Crippen LogP contribution in [0.4, 0.5) is 0 Å². The SMILES string of the molecule is CC(C)c1ccc2c(c1)C(NC(=O)CCC(=O)O)CC2. The van der Waals surface area contributed by atoms with Crippen molar-refractivity contribution >= 4 is 11.9 Å². The molecule has 4 nitrogen and oxygen atoms in total. The van der Waals surface area contributed by atoms with E-state index in [0.717, 1.165) is 12.8 Å². The highest BCUT2D eigenvalue weighted by Gasteiger charge is 2.24. The zero-order valence-electron chi connectivity index (χ0n) is 12.0. The molecule has 0 aliphatic heterocycles. The topological polar surface area (TPSA) is 66.4 Å². The Morgan fingerprint density at radius 2 is 2.10 bits per heavy atom. The molecule has 2 rings (SSSR count). The first-order valence-corrected chi connectivity index (χ1v) is 7.11. The van der Waals surface area contributed by atoms with Crippen molar-refractivity contribution in [3.8, 4) is 0 Å². The number of benzene rings is 1. The summed E-state index contributed by atoms with van der Waals surface area (Å²) in [5.41, 5.74) is 3.76. The van der Waals surface area contributed by atoms with Gasteiger partial charge in [0.1, 0.15) is 0 Å². The average Bonchev–Trinajstić information content (AvgIpc) is 2.79. The number of hydrogen-bond donors (Lipinski definition) is 2. The second-order valence-corrected chi connectivity index (χ2v) is 5.67. The molecule has 0 bridgehead atoms. The Labute approximate surface area is 119 Å². The molecule has 1 aliphatic carbocycles. The first-order chi connectivity index (χ1) is 9.47. The summed E-state index contributed by atoms with van der Waals surface area (Å²) in [7, 11) is 0. The molecule has 0 heterocycles. The summed E-state index contributed by atoms with van der Waals surface area (Å²) in [6.45, 7) is 4.30. The minimum Gasteiger partial charge on any atom is -0.481 e. The number of aryl methyl sites for hydroxylation is 1. The van der Waals surface area contributed by atoms with E-state index < -0.39 is 5.97 Å². The fourth-order valence-electron chi connectivity index (χ4n) is 2.62. The standard InChI is InChI=1S/C16H21NO3/c1-10(2)12-4-3-11-5-6-14(13(11)9-12)17-15(18)7-8-16(19)20/h3-4,9-10,14H,5-8H2,1-2H3,(H,17,18)(H,19,20). The van der Waals surface area contributed by atoms with E-state index in [0.29, 0.717) is 5.92 Å². The van der Waals surface area contributed by atoms with E-state index in [4.69, 9.17) is 5.11 Å². The Morgan fingerprint density at radius 3 is 2.75 bits per heavy atom. The highest BCUT2D eigenvalue weighted by Crippen LogP contribution is 2.33. The number of amides is 1. The van der Waals surface area contributed by atoms with Gasteiger partial charge in [-0.1, -0.05) is 32.0 Å². The second kappa shape index (κ2) is 6.07. The number of hydrogen-bond acceptors (Lipinski definition) is 2. The molecule has 0 radical (unpaired) electrons. The van der Waals surface area contributed by atoms with Gasteiger partial charge in [-0.2, -0.15) is 0 Å². The van der Waals surface area contributed by atoms with E-state index in [1.165, 1.54) is 16.7 Å². The quantitative estimate of drug-likeness (QED) is 0.868. The van der Waals surface area contributed by atoms with Crippen molar-refractivity contribution in [2.45, 2.75) is 51.5 Å². The van der Waals surface area contributed by atoms with Gasteiger partial charge in [0.2, 0.25) is 5.91 Å². The third-order valence-electron chi connectivity index (χ3n) is 3.82. The summed E-state index contributed by atoms with van der Waals surface area (Å²) in [6.07, 6.45) is 1.80. The second-order valence-electron chi connectivity index (χ2n) is 5.67. The molecule has 1 aromatic carbocycles. The van der Waals surface area contributed by atoms with Gasteiger partial charge in [0.15, 0.2) is 0 Å². The molecule has 0 spiro atoms. The third kappa shape index (κ3) is 3.38. The van der Waals surface area contributed by atoms with Crippen LogP contribution in [0.3, 0.4) is 0 Å². The number of carbonyl (C=O) groups is 2. The van der Waals surface area contributed by atoms with Crippen LogP contribution in [-0.2, 0) is 16.0 Å². The maximum Gasteiger partial charge on any atom is 0.303 e. The number of carboxylic acids is 1. The van der Waals surface area contributed by atoms with Gasteiger partial charge in [-0.15, -0.1) is 0 Å². The largest absolute Gasteiger partial charge is 0.481 e. The van der Waals surface area contributed by atoms with Gasteiger partial charge in [-0.3, -0.25) is 9.59 Å². The third-order valence-corrected chi connectivity index (χ3v) is 3.82. The molecule has 108 valence electrons. The van der Waals surface area contributed by atoms with Gasteiger partial charge in [0.05, 0.1) is 12.5 Å². The lowest BCUT2D eigenvalue weighted by Crippen LogP contribution is -2.27. The Kier molecular flexibility index (Phi) is 4.42. The number of aliphatic carboxylic acids is 1. The lowest BCUT2D eigenvalue weighted by molar-refractivity contribution is -0.138. The van der Waals surface area contributed by atoms with Crippen LogP contribution in [0.25, 0.3) is 0 Å². The summed E-state index contributed by atoms with van der Waals surface area (Å²) < 4.78 is 0. The zero-order chi connectivity index (χ0) is 14.7. The Balaban J connectivity index is 2.05. The minimum absolute atomic E-state index is 0.0324. The van der Waals surface area contributed by atoms with Crippen LogP contribution < -0.4 is 5.32 Å². The minimum atomic E-state index is -0.936. The van der Waals surface area contributed by atoms with Crippen LogP contribution >= 0.6 is 0 Å². The Morgan fingerprint density at radius 1 is 1.35 bits per heavy atom.